The molecule has 0 bridgehead atoms. The van der Waals surface area contributed by atoms with Crippen LogP contribution in [0.3, 0.4) is 0 Å². The van der Waals surface area contributed by atoms with Crippen molar-refractivity contribution in [1.29, 1.82) is 0 Å². The molecule has 1 fully saturated rings. The van der Waals surface area contributed by atoms with Crippen LogP contribution in [0.25, 0.3) is 10.8 Å². The van der Waals surface area contributed by atoms with E-state index in [4.69, 9.17) is 0 Å². The van der Waals surface area contributed by atoms with Crippen molar-refractivity contribution in [3.63, 3.8) is 0 Å². The topological polar surface area (TPSA) is 109 Å². The van der Waals surface area contributed by atoms with Gasteiger partial charge in [0, 0.05) is 23.7 Å². The van der Waals surface area contributed by atoms with Crippen LogP contribution in [0.4, 0.5) is 0 Å². The number of H-pyrrole nitrogens is 1. The number of rotatable bonds is 5. The highest BCUT2D eigenvalue weighted by Crippen LogP contribution is 2.19. The average Bonchev–Trinajstić information content (AvgIpc) is 3.38. The summed E-state index contributed by atoms with van der Waals surface area (Å²) >= 11 is 0. The van der Waals surface area contributed by atoms with Crippen molar-refractivity contribution < 1.29 is 9.59 Å². The van der Waals surface area contributed by atoms with E-state index in [1.807, 2.05) is 19.1 Å². The molecule has 2 heterocycles. The SMILES string of the molecule is Cc1nn(CC(=O)N[C@@H]2CC[C@H](NC(=O)c3ccc[nH]3)C2)c(=O)c2ccccc12. The highest BCUT2D eigenvalue weighted by Gasteiger charge is 2.27. The van der Waals surface area contributed by atoms with Gasteiger partial charge in [0.15, 0.2) is 0 Å². The van der Waals surface area contributed by atoms with E-state index in [1.54, 1.807) is 30.5 Å². The summed E-state index contributed by atoms with van der Waals surface area (Å²) in [6.45, 7) is 1.70. The monoisotopic (exact) mass is 393 g/mol. The van der Waals surface area contributed by atoms with E-state index in [-0.39, 0.29) is 36.0 Å². The molecular weight excluding hydrogens is 370 g/mol. The molecule has 1 aliphatic rings. The Morgan fingerprint density at radius 1 is 1.10 bits per heavy atom. The lowest BCUT2D eigenvalue weighted by Crippen LogP contribution is -2.40. The van der Waals surface area contributed by atoms with Crippen molar-refractivity contribution in [1.82, 2.24) is 25.4 Å². The Morgan fingerprint density at radius 3 is 2.55 bits per heavy atom. The molecule has 1 aromatic carbocycles. The summed E-state index contributed by atoms with van der Waals surface area (Å²) < 4.78 is 1.21. The third-order valence-corrected chi connectivity index (χ3v) is 5.32. The van der Waals surface area contributed by atoms with Gasteiger partial charge >= 0.3 is 0 Å². The molecule has 2 aromatic heterocycles. The van der Waals surface area contributed by atoms with Crippen LogP contribution in [-0.4, -0.2) is 38.7 Å². The fourth-order valence-corrected chi connectivity index (χ4v) is 3.90. The van der Waals surface area contributed by atoms with E-state index < -0.39 is 0 Å². The summed E-state index contributed by atoms with van der Waals surface area (Å²) in [5.41, 5.74) is 0.958. The van der Waals surface area contributed by atoms with Gasteiger partial charge in [-0.2, -0.15) is 5.10 Å². The Labute approximate surface area is 167 Å². The van der Waals surface area contributed by atoms with Crippen molar-refractivity contribution in [3.05, 3.63) is 64.3 Å². The fraction of sp³-hybridized carbons (Fsp3) is 0.333. The van der Waals surface area contributed by atoms with Gasteiger partial charge in [0.25, 0.3) is 11.5 Å². The van der Waals surface area contributed by atoms with Crippen LogP contribution < -0.4 is 16.2 Å². The summed E-state index contributed by atoms with van der Waals surface area (Å²) in [7, 11) is 0. The van der Waals surface area contributed by atoms with E-state index in [0.29, 0.717) is 23.2 Å². The number of nitrogens with zero attached hydrogens (tertiary/aromatic N) is 2. The maximum absolute atomic E-state index is 12.6. The Kier molecular flexibility index (Phi) is 5.16. The molecule has 0 radical (unpaired) electrons. The normalized spacial score (nSPS) is 18.7. The molecule has 29 heavy (non-hydrogen) atoms. The number of aromatic amines is 1. The quantitative estimate of drug-likeness (QED) is 0.610. The highest BCUT2D eigenvalue weighted by atomic mass is 16.2. The van der Waals surface area contributed by atoms with Crippen LogP contribution in [0.1, 0.15) is 35.4 Å². The van der Waals surface area contributed by atoms with E-state index in [2.05, 4.69) is 20.7 Å². The van der Waals surface area contributed by atoms with Gasteiger partial charge in [-0.1, -0.05) is 18.2 Å². The van der Waals surface area contributed by atoms with E-state index >= 15 is 0 Å². The predicted octanol–water partition coefficient (Wildman–Crippen LogP) is 1.50. The van der Waals surface area contributed by atoms with Gasteiger partial charge in [-0.25, -0.2) is 4.68 Å². The molecule has 8 nitrogen and oxygen atoms in total. The molecule has 3 aromatic rings. The minimum Gasteiger partial charge on any atom is -0.357 e. The summed E-state index contributed by atoms with van der Waals surface area (Å²) in [5.74, 6) is -0.398. The third-order valence-electron chi connectivity index (χ3n) is 5.32. The molecular formula is C21H23N5O3. The third kappa shape index (κ3) is 4.06. The average molecular weight is 393 g/mol. The second-order valence-electron chi connectivity index (χ2n) is 7.43. The number of carbonyl (C=O) groups excluding carboxylic acids is 2. The van der Waals surface area contributed by atoms with E-state index in [9.17, 15) is 14.4 Å². The molecule has 2 atom stereocenters. The zero-order valence-corrected chi connectivity index (χ0v) is 16.1. The van der Waals surface area contributed by atoms with Gasteiger partial charge < -0.3 is 15.6 Å². The maximum Gasteiger partial charge on any atom is 0.275 e. The first-order chi connectivity index (χ1) is 14.0. The van der Waals surface area contributed by atoms with Crippen molar-refractivity contribution in [2.24, 2.45) is 0 Å². The van der Waals surface area contributed by atoms with Crippen LogP contribution in [0.15, 0.2) is 47.4 Å². The maximum atomic E-state index is 12.6. The smallest absolute Gasteiger partial charge is 0.275 e. The van der Waals surface area contributed by atoms with Crippen LogP contribution in [0, 0.1) is 6.92 Å². The number of hydrogen-bond acceptors (Lipinski definition) is 4. The van der Waals surface area contributed by atoms with E-state index in [0.717, 1.165) is 18.2 Å². The fourth-order valence-electron chi connectivity index (χ4n) is 3.90. The molecule has 8 heteroatoms. The highest BCUT2D eigenvalue weighted by molar-refractivity contribution is 5.92. The predicted molar refractivity (Wildman–Crippen MR) is 109 cm³/mol. The largest absolute Gasteiger partial charge is 0.357 e. The van der Waals surface area contributed by atoms with Gasteiger partial charge in [0.05, 0.1) is 11.1 Å². The molecule has 1 aliphatic carbocycles. The van der Waals surface area contributed by atoms with Crippen LogP contribution in [0.2, 0.25) is 0 Å². The van der Waals surface area contributed by atoms with Gasteiger partial charge in [0.1, 0.15) is 12.2 Å². The second-order valence-corrected chi connectivity index (χ2v) is 7.43. The number of hydrogen-bond donors (Lipinski definition) is 3. The first-order valence-electron chi connectivity index (χ1n) is 9.71. The van der Waals surface area contributed by atoms with Gasteiger partial charge in [0.2, 0.25) is 5.91 Å². The summed E-state index contributed by atoms with van der Waals surface area (Å²) in [6, 6.07) is 10.7. The Hall–Kier alpha value is -3.42. The number of aryl methyl sites for hydroxylation is 1. The van der Waals surface area contributed by atoms with Crippen molar-refractivity contribution >= 4 is 22.6 Å². The minimum absolute atomic E-state index is 0.0138. The number of nitrogens with one attached hydrogen (secondary N) is 3. The first kappa shape index (κ1) is 18.9. The lowest BCUT2D eigenvalue weighted by molar-refractivity contribution is -0.122. The van der Waals surface area contributed by atoms with Gasteiger partial charge in [-0.05, 0) is 44.4 Å². The molecule has 0 unspecified atom stereocenters. The zero-order valence-electron chi connectivity index (χ0n) is 16.1. The number of carbonyl (C=O) groups is 2. The van der Waals surface area contributed by atoms with Crippen LogP contribution in [0.5, 0.6) is 0 Å². The molecule has 3 N–H and O–H groups in total. The van der Waals surface area contributed by atoms with Crippen molar-refractivity contribution in [2.45, 2.75) is 44.8 Å². The standard InChI is InChI=1S/C21H23N5O3/c1-13-16-5-2-3-6-17(16)21(29)26(25-13)12-19(27)23-14-8-9-15(11-14)24-20(28)18-7-4-10-22-18/h2-7,10,14-15,22H,8-9,11-12H2,1H3,(H,23,27)(H,24,28)/t14-,15+/m1/s1. The minimum atomic E-state index is -0.274. The molecule has 1 saturated carbocycles. The van der Waals surface area contributed by atoms with Gasteiger partial charge in [-0.3, -0.25) is 14.4 Å². The molecule has 0 spiro atoms. The molecule has 0 aliphatic heterocycles. The van der Waals surface area contributed by atoms with Crippen LogP contribution >= 0.6 is 0 Å². The van der Waals surface area contributed by atoms with Crippen molar-refractivity contribution in [2.75, 3.05) is 0 Å². The molecule has 150 valence electrons. The Morgan fingerprint density at radius 2 is 1.83 bits per heavy atom. The lowest BCUT2D eigenvalue weighted by atomic mass is 10.1. The zero-order chi connectivity index (χ0) is 20.4. The summed E-state index contributed by atoms with van der Waals surface area (Å²) in [4.78, 5) is 40.1. The molecule has 0 saturated heterocycles. The molecule has 4 rings (SSSR count). The number of benzene rings is 1. The van der Waals surface area contributed by atoms with Crippen LogP contribution in [-0.2, 0) is 11.3 Å². The number of amides is 2. The Bertz CT molecular complexity index is 1100. The summed E-state index contributed by atoms with van der Waals surface area (Å²) in [5, 5.41) is 11.6. The van der Waals surface area contributed by atoms with Gasteiger partial charge in [-0.15, -0.1) is 0 Å². The number of fused-ring (bicyclic) bond motifs is 1. The Balaban J connectivity index is 1.36. The second kappa shape index (κ2) is 7.90. The van der Waals surface area contributed by atoms with E-state index in [1.165, 1.54) is 4.68 Å². The molecule has 2 amide bonds. The summed E-state index contributed by atoms with van der Waals surface area (Å²) in [6.07, 6.45) is 3.94. The van der Waals surface area contributed by atoms with Crippen molar-refractivity contribution in [3.8, 4) is 0 Å². The first-order valence-corrected chi connectivity index (χ1v) is 9.71. The number of aromatic nitrogens is 3. The lowest BCUT2D eigenvalue weighted by Gasteiger charge is -2.15.